The minimum absolute atomic E-state index is 0.0547. The van der Waals surface area contributed by atoms with Crippen molar-refractivity contribution in [1.29, 1.82) is 0 Å². The van der Waals surface area contributed by atoms with E-state index in [-0.39, 0.29) is 6.42 Å². The van der Waals surface area contributed by atoms with E-state index in [2.05, 4.69) is 23.8 Å². The van der Waals surface area contributed by atoms with Crippen LogP contribution in [0.3, 0.4) is 0 Å². The maximum atomic E-state index is 10.6. The Kier molecular flexibility index (Phi) is 5.59. The molecule has 1 aliphatic heterocycles. The van der Waals surface area contributed by atoms with Crippen molar-refractivity contribution in [2.45, 2.75) is 19.4 Å². The number of aliphatic carboxylic acids is 1. The number of ether oxygens (including phenoxy) is 1. The summed E-state index contributed by atoms with van der Waals surface area (Å²) in [5.74, 6) is -0.0151. The van der Waals surface area contributed by atoms with Crippen LogP contribution in [0, 0.1) is 0 Å². The van der Waals surface area contributed by atoms with Crippen LogP contribution >= 0.6 is 0 Å². The predicted molar refractivity (Wildman–Crippen MR) is 81.8 cm³/mol. The van der Waals surface area contributed by atoms with E-state index in [1.54, 1.807) is 0 Å². The lowest BCUT2D eigenvalue weighted by molar-refractivity contribution is -0.136. The predicted octanol–water partition coefficient (Wildman–Crippen LogP) is 1.33. The van der Waals surface area contributed by atoms with E-state index < -0.39 is 5.97 Å². The molecule has 0 saturated carbocycles. The van der Waals surface area contributed by atoms with Gasteiger partial charge in [0.05, 0.1) is 6.42 Å². The van der Waals surface area contributed by atoms with Crippen LogP contribution in [0.1, 0.15) is 12.5 Å². The third-order valence-corrected chi connectivity index (χ3v) is 3.89. The van der Waals surface area contributed by atoms with Crippen molar-refractivity contribution in [3.05, 3.63) is 29.8 Å². The Hall–Kier alpha value is -1.59. The van der Waals surface area contributed by atoms with Crippen LogP contribution in [0.25, 0.3) is 0 Å². The Morgan fingerprint density at radius 2 is 2.05 bits per heavy atom. The van der Waals surface area contributed by atoms with Gasteiger partial charge in [0.2, 0.25) is 0 Å². The van der Waals surface area contributed by atoms with Crippen LogP contribution in [0.2, 0.25) is 0 Å². The van der Waals surface area contributed by atoms with E-state index in [0.717, 1.165) is 37.5 Å². The highest BCUT2D eigenvalue weighted by Gasteiger charge is 2.20. The summed E-state index contributed by atoms with van der Waals surface area (Å²) in [4.78, 5) is 15.4. The summed E-state index contributed by atoms with van der Waals surface area (Å²) < 4.78 is 5.74. The summed E-state index contributed by atoms with van der Waals surface area (Å²) in [7, 11) is 2.16. The van der Waals surface area contributed by atoms with Gasteiger partial charge in [0, 0.05) is 32.2 Å². The maximum Gasteiger partial charge on any atom is 0.307 e. The summed E-state index contributed by atoms with van der Waals surface area (Å²) in [6.45, 7) is 7.12. The first kappa shape index (κ1) is 15.8. The average molecular weight is 292 g/mol. The molecule has 21 heavy (non-hydrogen) atoms. The second kappa shape index (κ2) is 7.43. The molecule has 0 aromatic heterocycles. The van der Waals surface area contributed by atoms with Crippen LogP contribution in [0.15, 0.2) is 24.3 Å². The first-order valence-corrected chi connectivity index (χ1v) is 7.40. The molecular weight excluding hydrogens is 268 g/mol. The number of carboxylic acid groups (broad SMARTS) is 1. The minimum atomic E-state index is -0.812. The van der Waals surface area contributed by atoms with Gasteiger partial charge in [-0.05, 0) is 31.7 Å². The van der Waals surface area contributed by atoms with Gasteiger partial charge in [0.25, 0.3) is 0 Å². The molecular formula is C16H24N2O3. The number of benzene rings is 1. The number of piperazine rings is 1. The molecule has 1 atom stereocenters. The zero-order valence-electron chi connectivity index (χ0n) is 12.8. The van der Waals surface area contributed by atoms with Gasteiger partial charge in [-0.2, -0.15) is 0 Å². The summed E-state index contributed by atoms with van der Waals surface area (Å²) in [6.07, 6.45) is 0.0547. The normalized spacial score (nSPS) is 20.4. The molecule has 1 aromatic rings. The van der Waals surface area contributed by atoms with Crippen LogP contribution in [0.5, 0.6) is 5.75 Å². The third kappa shape index (κ3) is 5.02. The van der Waals surface area contributed by atoms with Crippen molar-refractivity contribution in [2.24, 2.45) is 0 Å². The highest BCUT2D eigenvalue weighted by atomic mass is 16.5. The lowest BCUT2D eigenvalue weighted by Gasteiger charge is -2.38. The van der Waals surface area contributed by atoms with Crippen molar-refractivity contribution < 1.29 is 14.6 Å². The van der Waals surface area contributed by atoms with E-state index in [1.165, 1.54) is 0 Å². The first-order chi connectivity index (χ1) is 10.0. The summed E-state index contributed by atoms with van der Waals surface area (Å²) >= 11 is 0. The van der Waals surface area contributed by atoms with Gasteiger partial charge in [0.1, 0.15) is 12.4 Å². The van der Waals surface area contributed by atoms with Crippen molar-refractivity contribution >= 4 is 5.97 Å². The number of carboxylic acids is 1. The van der Waals surface area contributed by atoms with Gasteiger partial charge in [-0.25, -0.2) is 0 Å². The number of likely N-dealkylation sites (N-methyl/N-ethyl adjacent to an activating group) is 1. The number of nitrogens with zero attached hydrogens (tertiary/aromatic N) is 2. The van der Waals surface area contributed by atoms with Gasteiger partial charge < -0.3 is 14.7 Å². The fourth-order valence-corrected chi connectivity index (χ4v) is 2.67. The molecule has 1 aromatic carbocycles. The fraction of sp³-hybridized carbons (Fsp3) is 0.562. The molecule has 5 heteroatoms. The van der Waals surface area contributed by atoms with Crippen LogP contribution in [0.4, 0.5) is 0 Å². The molecule has 1 aliphatic rings. The van der Waals surface area contributed by atoms with E-state index in [1.807, 2.05) is 24.3 Å². The van der Waals surface area contributed by atoms with Crippen LogP contribution in [-0.2, 0) is 11.2 Å². The molecule has 2 rings (SSSR count). The third-order valence-electron chi connectivity index (χ3n) is 3.89. The molecule has 1 heterocycles. The monoisotopic (exact) mass is 292 g/mol. The Morgan fingerprint density at radius 3 is 2.67 bits per heavy atom. The summed E-state index contributed by atoms with van der Waals surface area (Å²) in [6, 6.07) is 7.85. The zero-order chi connectivity index (χ0) is 15.2. The standard InChI is InChI=1S/C16H24N2O3/c1-13-12-17(2)7-8-18(13)9-10-21-15-5-3-14(4-6-15)11-16(19)20/h3-6,13H,7-12H2,1-2H3,(H,19,20). The van der Waals surface area contributed by atoms with Gasteiger partial charge in [0.15, 0.2) is 0 Å². The molecule has 0 spiro atoms. The molecule has 1 N–H and O–H groups in total. The van der Waals surface area contributed by atoms with E-state index in [0.29, 0.717) is 12.6 Å². The molecule has 0 bridgehead atoms. The zero-order valence-corrected chi connectivity index (χ0v) is 12.8. The molecule has 0 amide bonds. The Morgan fingerprint density at radius 1 is 1.33 bits per heavy atom. The van der Waals surface area contributed by atoms with E-state index in [9.17, 15) is 4.79 Å². The van der Waals surface area contributed by atoms with Crippen LogP contribution < -0.4 is 4.74 Å². The molecule has 1 fully saturated rings. The lowest BCUT2D eigenvalue weighted by Crippen LogP contribution is -2.51. The van der Waals surface area contributed by atoms with Gasteiger partial charge in [-0.3, -0.25) is 9.69 Å². The largest absolute Gasteiger partial charge is 0.492 e. The summed E-state index contributed by atoms with van der Waals surface area (Å²) in [5, 5.41) is 8.73. The maximum absolute atomic E-state index is 10.6. The Balaban J connectivity index is 1.74. The number of hydrogen-bond donors (Lipinski definition) is 1. The van der Waals surface area contributed by atoms with E-state index in [4.69, 9.17) is 9.84 Å². The number of rotatable bonds is 6. The molecule has 1 saturated heterocycles. The lowest BCUT2D eigenvalue weighted by atomic mass is 10.1. The molecule has 0 radical (unpaired) electrons. The minimum Gasteiger partial charge on any atom is -0.492 e. The molecule has 1 unspecified atom stereocenters. The van der Waals surface area contributed by atoms with E-state index >= 15 is 0 Å². The fourth-order valence-electron chi connectivity index (χ4n) is 2.67. The number of hydrogen-bond acceptors (Lipinski definition) is 4. The molecule has 5 nitrogen and oxygen atoms in total. The van der Waals surface area contributed by atoms with Crippen molar-refractivity contribution in [1.82, 2.24) is 9.80 Å². The Labute approximate surface area is 126 Å². The molecule has 0 aliphatic carbocycles. The second-order valence-electron chi connectivity index (χ2n) is 5.71. The molecule has 116 valence electrons. The quantitative estimate of drug-likeness (QED) is 0.857. The highest BCUT2D eigenvalue weighted by Crippen LogP contribution is 2.13. The smallest absolute Gasteiger partial charge is 0.307 e. The van der Waals surface area contributed by atoms with Crippen molar-refractivity contribution in [3.8, 4) is 5.75 Å². The van der Waals surface area contributed by atoms with Gasteiger partial charge in [-0.1, -0.05) is 12.1 Å². The Bertz CT molecular complexity index is 461. The van der Waals surface area contributed by atoms with Crippen molar-refractivity contribution in [2.75, 3.05) is 39.8 Å². The van der Waals surface area contributed by atoms with Gasteiger partial charge in [-0.15, -0.1) is 0 Å². The average Bonchev–Trinajstić information content (AvgIpc) is 2.42. The SMILES string of the molecule is CC1CN(C)CCN1CCOc1ccc(CC(=O)O)cc1. The van der Waals surface area contributed by atoms with Gasteiger partial charge >= 0.3 is 5.97 Å². The second-order valence-corrected chi connectivity index (χ2v) is 5.71. The number of carbonyl (C=O) groups is 1. The summed E-state index contributed by atoms with van der Waals surface area (Å²) in [5.41, 5.74) is 0.794. The highest BCUT2D eigenvalue weighted by molar-refractivity contribution is 5.70. The topological polar surface area (TPSA) is 53.0 Å². The first-order valence-electron chi connectivity index (χ1n) is 7.40. The van der Waals surface area contributed by atoms with Crippen LogP contribution in [-0.4, -0.2) is 66.8 Å². The van der Waals surface area contributed by atoms with Crippen molar-refractivity contribution in [3.63, 3.8) is 0 Å².